The van der Waals surface area contributed by atoms with Crippen LogP contribution in [0.15, 0.2) is 53.0 Å². The Morgan fingerprint density at radius 2 is 1.88 bits per heavy atom. The van der Waals surface area contributed by atoms with Crippen LogP contribution in [-0.4, -0.2) is 18.4 Å². The van der Waals surface area contributed by atoms with Gasteiger partial charge in [-0.05, 0) is 49.2 Å². The minimum Gasteiger partial charge on any atom is -0.345 e. The Kier molecular flexibility index (Phi) is 5.00. The second kappa shape index (κ2) is 7.18. The molecule has 1 aliphatic heterocycles. The monoisotopic (exact) mass is 386 g/mol. The van der Waals surface area contributed by atoms with Gasteiger partial charge in [0.1, 0.15) is 0 Å². The van der Waals surface area contributed by atoms with Crippen LogP contribution in [0.2, 0.25) is 0 Å². The fraction of sp³-hybridized carbons (Fsp3) is 0.263. The lowest BCUT2D eigenvalue weighted by atomic mass is 10.1. The van der Waals surface area contributed by atoms with Crippen molar-refractivity contribution < 1.29 is 9.59 Å². The summed E-state index contributed by atoms with van der Waals surface area (Å²) < 4.78 is 0.973. The molecule has 124 valence electrons. The van der Waals surface area contributed by atoms with E-state index < -0.39 is 0 Å². The van der Waals surface area contributed by atoms with Gasteiger partial charge >= 0.3 is 0 Å². The molecule has 0 saturated carbocycles. The van der Waals surface area contributed by atoms with E-state index in [-0.39, 0.29) is 17.9 Å². The van der Waals surface area contributed by atoms with Crippen molar-refractivity contribution in [3.05, 3.63) is 64.1 Å². The lowest BCUT2D eigenvalue weighted by molar-refractivity contribution is -0.117. The van der Waals surface area contributed by atoms with Gasteiger partial charge in [0, 0.05) is 28.7 Å². The third-order valence-electron chi connectivity index (χ3n) is 4.23. The Balaban J connectivity index is 1.69. The number of nitrogens with one attached hydrogen (secondary N) is 1. The molecule has 0 spiro atoms. The van der Waals surface area contributed by atoms with Crippen LogP contribution < -0.4 is 10.2 Å². The number of amides is 2. The minimum atomic E-state index is -0.127. The molecule has 1 N–H and O–H groups in total. The van der Waals surface area contributed by atoms with E-state index in [4.69, 9.17) is 0 Å². The summed E-state index contributed by atoms with van der Waals surface area (Å²) in [5, 5.41) is 3.00. The van der Waals surface area contributed by atoms with Crippen LogP contribution in [0.4, 0.5) is 5.69 Å². The topological polar surface area (TPSA) is 49.4 Å². The number of benzene rings is 2. The average Bonchev–Trinajstić information content (AvgIpc) is 3.01. The van der Waals surface area contributed by atoms with E-state index in [1.54, 1.807) is 17.0 Å². The first-order valence-corrected chi connectivity index (χ1v) is 8.81. The molecule has 0 bridgehead atoms. The summed E-state index contributed by atoms with van der Waals surface area (Å²) in [5.74, 6) is 0.0207. The first kappa shape index (κ1) is 16.7. The summed E-state index contributed by atoms with van der Waals surface area (Å²) in [6, 6.07) is 14.9. The van der Waals surface area contributed by atoms with Gasteiger partial charge in [-0.3, -0.25) is 9.59 Å². The number of halogens is 1. The predicted octanol–water partition coefficient (Wildman–Crippen LogP) is 4.07. The van der Waals surface area contributed by atoms with E-state index in [2.05, 4.69) is 21.2 Å². The Bertz CT molecular complexity index is 758. The molecular weight excluding hydrogens is 368 g/mol. The van der Waals surface area contributed by atoms with Crippen molar-refractivity contribution in [1.29, 1.82) is 0 Å². The molecule has 2 aromatic carbocycles. The molecule has 24 heavy (non-hydrogen) atoms. The zero-order chi connectivity index (χ0) is 17.1. The quantitative estimate of drug-likeness (QED) is 0.860. The first-order valence-electron chi connectivity index (χ1n) is 8.02. The van der Waals surface area contributed by atoms with Crippen LogP contribution in [0, 0.1) is 0 Å². The third-order valence-corrected chi connectivity index (χ3v) is 4.96. The Morgan fingerprint density at radius 3 is 2.50 bits per heavy atom. The van der Waals surface area contributed by atoms with Crippen LogP contribution in [0.25, 0.3) is 0 Å². The lowest BCUT2D eigenvalue weighted by Crippen LogP contribution is -2.27. The molecule has 0 aromatic heterocycles. The number of hydrogen-bond acceptors (Lipinski definition) is 2. The van der Waals surface area contributed by atoms with Crippen molar-refractivity contribution in [3.8, 4) is 0 Å². The van der Waals surface area contributed by atoms with Crippen molar-refractivity contribution >= 4 is 33.4 Å². The molecule has 0 radical (unpaired) electrons. The maximum atomic E-state index is 12.4. The molecule has 3 rings (SSSR count). The Morgan fingerprint density at radius 1 is 1.17 bits per heavy atom. The molecule has 1 atom stereocenters. The van der Waals surface area contributed by atoms with Gasteiger partial charge in [-0.15, -0.1) is 0 Å². The van der Waals surface area contributed by atoms with E-state index in [0.29, 0.717) is 12.0 Å². The Labute approximate surface area is 150 Å². The van der Waals surface area contributed by atoms with Crippen LogP contribution in [0.3, 0.4) is 0 Å². The largest absolute Gasteiger partial charge is 0.345 e. The molecule has 1 aliphatic rings. The summed E-state index contributed by atoms with van der Waals surface area (Å²) in [6.07, 6.45) is 1.50. The second-order valence-corrected chi connectivity index (χ2v) is 6.77. The van der Waals surface area contributed by atoms with Crippen LogP contribution >= 0.6 is 15.9 Å². The molecule has 2 aromatic rings. The summed E-state index contributed by atoms with van der Waals surface area (Å²) in [4.78, 5) is 26.0. The van der Waals surface area contributed by atoms with Crippen molar-refractivity contribution in [1.82, 2.24) is 5.32 Å². The highest BCUT2D eigenvalue weighted by Crippen LogP contribution is 2.24. The van der Waals surface area contributed by atoms with Gasteiger partial charge in [0.05, 0.1) is 6.04 Å². The maximum absolute atomic E-state index is 12.4. The second-order valence-electron chi connectivity index (χ2n) is 5.91. The highest BCUT2D eigenvalue weighted by Gasteiger charge is 2.22. The van der Waals surface area contributed by atoms with Crippen molar-refractivity contribution in [2.24, 2.45) is 0 Å². The highest BCUT2D eigenvalue weighted by atomic mass is 79.9. The van der Waals surface area contributed by atoms with E-state index in [9.17, 15) is 9.59 Å². The van der Waals surface area contributed by atoms with Gasteiger partial charge < -0.3 is 10.2 Å². The van der Waals surface area contributed by atoms with E-state index in [1.807, 2.05) is 43.3 Å². The molecule has 0 aliphatic carbocycles. The van der Waals surface area contributed by atoms with Gasteiger partial charge in [-0.25, -0.2) is 0 Å². The molecule has 1 saturated heterocycles. The van der Waals surface area contributed by atoms with E-state index in [0.717, 1.165) is 28.7 Å². The number of nitrogens with zero attached hydrogens (tertiary/aromatic N) is 1. The minimum absolute atomic E-state index is 0.104. The summed E-state index contributed by atoms with van der Waals surface area (Å²) in [7, 11) is 0. The van der Waals surface area contributed by atoms with Crippen molar-refractivity contribution in [3.63, 3.8) is 0 Å². The zero-order valence-corrected chi connectivity index (χ0v) is 15.0. The highest BCUT2D eigenvalue weighted by molar-refractivity contribution is 9.10. The number of anilines is 1. The molecule has 4 nitrogen and oxygen atoms in total. The maximum Gasteiger partial charge on any atom is 0.251 e. The smallest absolute Gasteiger partial charge is 0.251 e. The first-order chi connectivity index (χ1) is 11.6. The van der Waals surface area contributed by atoms with Gasteiger partial charge in [-0.2, -0.15) is 0 Å². The fourth-order valence-corrected chi connectivity index (χ4v) is 3.53. The molecule has 1 fully saturated rings. The normalized spacial score (nSPS) is 15.4. The summed E-state index contributed by atoms with van der Waals surface area (Å²) in [6.45, 7) is 2.71. The molecule has 2 amide bonds. The standard InChI is InChI=1S/C19H19BrN2O2/c1-13(16-5-2-3-6-17(16)20)21-19(24)14-8-10-15(11-9-14)22-12-4-7-18(22)23/h2-3,5-6,8-11,13H,4,7,12H2,1H3,(H,21,24)/t13-/m0/s1. The van der Waals surface area contributed by atoms with Gasteiger partial charge in [0.15, 0.2) is 0 Å². The van der Waals surface area contributed by atoms with Gasteiger partial charge in [0.2, 0.25) is 5.91 Å². The van der Waals surface area contributed by atoms with Crippen LogP contribution in [0.1, 0.15) is 41.7 Å². The van der Waals surface area contributed by atoms with Crippen LogP contribution in [0.5, 0.6) is 0 Å². The molecule has 1 heterocycles. The van der Waals surface area contributed by atoms with Crippen molar-refractivity contribution in [2.75, 3.05) is 11.4 Å². The average molecular weight is 387 g/mol. The Hall–Kier alpha value is -2.14. The summed E-state index contributed by atoms with van der Waals surface area (Å²) >= 11 is 3.51. The fourth-order valence-electron chi connectivity index (χ4n) is 2.90. The molecule has 5 heteroatoms. The van der Waals surface area contributed by atoms with Gasteiger partial charge in [-0.1, -0.05) is 34.1 Å². The van der Waals surface area contributed by atoms with E-state index >= 15 is 0 Å². The van der Waals surface area contributed by atoms with Crippen LogP contribution in [-0.2, 0) is 4.79 Å². The number of carbonyl (C=O) groups excluding carboxylic acids is 2. The lowest BCUT2D eigenvalue weighted by Gasteiger charge is -2.17. The third kappa shape index (κ3) is 3.51. The van der Waals surface area contributed by atoms with Crippen molar-refractivity contribution in [2.45, 2.75) is 25.8 Å². The predicted molar refractivity (Wildman–Crippen MR) is 98.1 cm³/mol. The number of carbonyl (C=O) groups is 2. The summed E-state index contributed by atoms with van der Waals surface area (Å²) in [5.41, 5.74) is 2.47. The SMILES string of the molecule is C[C@H](NC(=O)c1ccc(N2CCCC2=O)cc1)c1ccccc1Br. The van der Waals surface area contributed by atoms with Gasteiger partial charge in [0.25, 0.3) is 5.91 Å². The van der Waals surface area contributed by atoms with E-state index in [1.165, 1.54) is 0 Å². The number of hydrogen-bond donors (Lipinski definition) is 1. The zero-order valence-electron chi connectivity index (χ0n) is 13.5. The molecular formula is C19H19BrN2O2. The molecule has 0 unspecified atom stereocenters. The number of rotatable bonds is 4.